The normalized spacial score (nSPS) is 14.8. The molecule has 86 valence electrons. The van der Waals surface area contributed by atoms with Gasteiger partial charge in [-0.2, -0.15) is 0 Å². The molecular formula is C14H13NO2. The van der Waals surface area contributed by atoms with Crippen LogP contribution in [0.15, 0.2) is 28.8 Å². The predicted molar refractivity (Wildman–Crippen MR) is 63.9 cm³/mol. The van der Waals surface area contributed by atoms with Crippen LogP contribution in [0.25, 0.3) is 11.3 Å². The molecule has 0 unspecified atom stereocenters. The zero-order chi connectivity index (χ0) is 11.8. The van der Waals surface area contributed by atoms with E-state index >= 15 is 0 Å². The Balaban J connectivity index is 2.12. The second kappa shape index (κ2) is 3.84. The number of aromatic nitrogens is 1. The molecule has 0 amide bonds. The van der Waals surface area contributed by atoms with Gasteiger partial charge in [0.1, 0.15) is 0 Å². The van der Waals surface area contributed by atoms with Gasteiger partial charge in [0, 0.05) is 12.0 Å². The highest BCUT2D eigenvalue weighted by Crippen LogP contribution is 2.31. The fourth-order valence-corrected chi connectivity index (χ4v) is 2.22. The van der Waals surface area contributed by atoms with Crippen LogP contribution >= 0.6 is 0 Å². The Labute approximate surface area is 99.4 Å². The number of fused-ring (bicyclic) bond motifs is 1. The van der Waals surface area contributed by atoms with Crippen molar-refractivity contribution in [3.63, 3.8) is 0 Å². The van der Waals surface area contributed by atoms with Crippen molar-refractivity contribution in [1.82, 2.24) is 5.16 Å². The minimum Gasteiger partial charge on any atom is -0.355 e. The molecular weight excluding hydrogens is 214 g/mol. The topological polar surface area (TPSA) is 43.1 Å². The zero-order valence-corrected chi connectivity index (χ0v) is 9.69. The number of carbonyl (C=O) groups excluding carboxylic acids is 1. The minimum absolute atomic E-state index is 0.156. The number of aryl methyl sites for hydroxylation is 2. The molecule has 0 aliphatic heterocycles. The molecule has 1 aliphatic rings. The fraction of sp³-hybridized carbons (Fsp3) is 0.286. The van der Waals surface area contributed by atoms with Gasteiger partial charge in [-0.3, -0.25) is 4.79 Å². The van der Waals surface area contributed by atoms with E-state index in [4.69, 9.17) is 4.52 Å². The van der Waals surface area contributed by atoms with E-state index in [-0.39, 0.29) is 5.78 Å². The van der Waals surface area contributed by atoms with Gasteiger partial charge in [0.2, 0.25) is 0 Å². The van der Waals surface area contributed by atoms with Gasteiger partial charge in [-0.15, -0.1) is 0 Å². The number of carbonyl (C=O) groups is 1. The van der Waals surface area contributed by atoms with Crippen LogP contribution in [0.4, 0.5) is 0 Å². The van der Waals surface area contributed by atoms with Gasteiger partial charge in [-0.25, -0.2) is 0 Å². The summed E-state index contributed by atoms with van der Waals surface area (Å²) in [6, 6.07) is 7.96. The van der Waals surface area contributed by atoms with Crippen LogP contribution in [0, 0.1) is 6.92 Å². The Morgan fingerprint density at radius 3 is 2.71 bits per heavy atom. The molecule has 0 N–H and O–H groups in total. The number of rotatable bonds is 1. The largest absolute Gasteiger partial charge is 0.355 e. The zero-order valence-electron chi connectivity index (χ0n) is 9.69. The van der Waals surface area contributed by atoms with Crippen molar-refractivity contribution < 1.29 is 9.32 Å². The molecule has 3 nitrogen and oxygen atoms in total. The number of ketones is 1. The van der Waals surface area contributed by atoms with Crippen LogP contribution in [0.2, 0.25) is 0 Å². The molecule has 0 saturated heterocycles. The maximum Gasteiger partial charge on any atom is 0.177 e. The molecule has 0 saturated carbocycles. The standard InChI is InChI=1S/C14H13NO2/c1-9-5-7-10(8-6-9)14-13-11(15-17-14)3-2-4-12(13)16/h5-8H,2-4H2,1H3. The van der Waals surface area contributed by atoms with Crippen LogP contribution in [0.5, 0.6) is 0 Å². The van der Waals surface area contributed by atoms with E-state index in [9.17, 15) is 4.79 Å². The molecule has 0 spiro atoms. The molecule has 0 bridgehead atoms. The lowest BCUT2D eigenvalue weighted by molar-refractivity contribution is 0.0973. The minimum atomic E-state index is 0.156. The Hall–Kier alpha value is -1.90. The molecule has 1 aliphatic carbocycles. The average molecular weight is 227 g/mol. The van der Waals surface area contributed by atoms with Crippen LogP contribution in [0.3, 0.4) is 0 Å². The summed E-state index contributed by atoms with van der Waals surface area (Å²) in [6.07, 6.45) is 2.33. The monoisotopic (exact) mass is 227 g/mol. The molecule has 1 aromatic carbocycles. The van der Waals surface area contributed by atoms with Crippen molar-refractivity contribution in [2.45, 2.75) is 26.2 Å². The molecule has 3 heteroatoms. The van der Waals surface area contributed by atoms with Gasteiger partial charge >= 0.3 is 0 Å². The SMILES string of the molecule is Cc1ccc(-c2onc3c2C(=O)CCC3)cc1. The highest BCUT2D eigenvalue weighted by molar-refractivity contribution is 6.02. The molecule has 0 radical (unpaired) electrons. The summed E-state index contributed by atoms with van der Waals surface area (Å²) in [7, 11) is 0. The van der Waals surface area contributed by atoms with E-state index in [1.807, 2.05) is 31.2 Å². The van der Waals surface area contributed by atoms with Crippen molar-refractivity contribution in [2.75, 3.05) is 0 Å². The highest BCUT2D eigenvalue weighted by atomic mass is 16.5. The first kappa shape index (κ1) is 10.3. The first-order valence-corrected chi connectivity index (χ1v) is 5.84. The van der Waals surface area contributed by atoms with E-state index in [2.05, 4.69) is 5.16 Å². The van der Waals surface area contributed by atoms with Crippen molar-refractivity contribution in [3.8, 4) is 11.3 Å². The number of nitrogens with zero attached hydrogens (tertiary/aromatic N) is 1. The molecule has 2 aromatic rings. The Morgan fingerprint density at radius 1 is 1.18 bits per heavy atom. The van der Waals surface area contributed by atoms with Gasteiger partial charge in [0.05, 0.1) is 11.3 Å². The van der Waals surface area contributed by atoms with E-state index in [0.717, 1.165) is 24.1 Å². The number of Topliss-reactive ketones (excluding diaryl/α,β-unsaturated/α-hetero) is 1. The van der Waals surface area contributed by atoms with Crippen LogP contribution in [-0.2, 0) is 6.42 Å². The van der Waals surface area contributed by atoms with Gasteiger partial charge < -0.3 is 4.52 Å². The molecule has 17 heavy (non-hydrogen) atoms. The molecule has 0 atom stereocenters. The lowest BCUT2D eigenvalue weighted by Crippen LogP contribution is -2.09. The third-order valence-corrected chi connectivity index (χ3v) is 3.17. The summed E-state index contributed by atoms with van der Waals surface area (Å²) in [6.45, 7) is 2.03. The first-order valence-electron chi connectivity index (χ1n) is 5.84. The highest BCUT2D eigenvalue weighted by Gasteiger charge is 2.26. The molecule has 1 heterocycles. The lowest BCUT2D eigenvalue weighted by Gasteiger charge is -2.08. The third kappa shape index (κ3) is 1.68. The summed E-state index contributed by atoms with van der Waals surface area (Å²) in [5.74, 6) is 0.785. The van der Waals surface area contributed by atoms with Gasteiger partial charge in [-0.1, -0.05) is 35.0 Å². The van der Waals surface area contributed by atoms with Crippen molar-refractivity contribution in [2.24, 2.45) is 0 Å². The summed E-state index contributed by atoms with van der Waals surface area (Å²) in [5.41, 5.74) is 3.63. The first-order chi connectivity index (χ1) is 8.25. The van der Waals surface area contributed by atoms with E-state index in [1.165, 1.54) is 5.56 Å². The lowest BCUT2D eigenvalue weighted by atomic mass is 9.93. The predicted octanol–water partition coefficient (Wildman–Crippen LogP) is 3.17. The maximum atomic E-state index is 11.9. The summed E-state index contributed by atoms with van der Waals surface area (Å²) in [5, 5.41) is 4.01. The maximum absolute atomic E-state index is 11.9. The third-order valence-electron chi connectivity index (χ3n) is 3.17. The summed E-state index contributed by atoms with van der Waals surface area (Å²) < 4.78 is 5.34. The smallest absolute Gasteiger partial charge is 0.177 e. The van der Waals surface area contributed by atoms with Crippen LogP contribution in [-0.4, -0.2) is 10.9 Å². The molecule has 0 fully saturated rings. The fourth-order valence-electron chi connectivity index (χ4n) is 2.22. The Kier molecular flexibility index (Phi) is 2.32. The van der Waals surface area contributed by atoms with Gasteiger partial charge in [0.25, 0.3) is 0 Å². The van der Waals surface area contributed by atoms with Crippen molar-refractivity contribution in [3.05, 3.63) is 41.1 Å². The summed E-state index contributed by atoms with van der Waals surface area (Å²) >= 11 is 0. The summed E-state index contributed by atoms with van der Waals surface area (Å²) in [4.78, 5) is 11.9. The second-order valence-corrected chi connectivity index (χ2v) is 4.48. The van der Waals surface area contributed by atoms with E-state index in [0.29, 0.717) is 17.7 Å². The Bertz CT molecular complexity index is 566. The van der Waals surface area contributed by atoms with E-state index in [1.54, 1.807) is 0 Å². The van der Waals surface area contributed by atoms with Crippen LogP contribution in [0.1, 0.15) is 34.5 Å². The van der Waals surface area contributed by atoms with E-state index < -0.39 is 0 Å². The van der Waals surface area contributed by atoms with Crippen molar-refractivity contribution >= 4 is 5.78 Å². The second-order valence-electron chi connectivity index (χ2n) is 4.48. The number of hydrogen-bond donors (Lipinski definition) is 0. The van der Waals surface area contributed by atoms with Gasteiger partial charge in [-0.05, 0) is 19.8 Å². The Morgan fingerprint density at radius 2 is 1.94 bits per heavy atom. The molecule has 1 aromatic heterocycles. The van der Waals surface area contributed by atoms with Crippen molar-refractivity contribution in [1.29, 1.82) is 0 Å². The van der Waals surface area contributed by atoms with Crippen LogP contribution < -0.4 is 0 Å². The van der Waals surface area contributed by atoms with Gasteiger partial charge in [0.15, 0.2) is 11.5 Å². The number of hydrogen-bond acceptors (Lipinski definition) is 3. The average Bonchev–Trinajstić information content (AvgIpc) is 2.75. The molecule has 3 rings (SSSR count). The number of benzene rings is 1. The quantitative estimate of drug-likeness (QED) is 0.751.